The largest absolute Gasteiger partial charge is 0.361 e. The maximum Gasteiger partial charge on any atom is 0.185 e. The summed E-state index contributed by atoms with van der Waals surface area (Å²) in [5, 5.41) is 7.48. The van der Waals surface area contributed by atoms with Gasteiger partial charge in [-0.15, -0.1) is 11.3 Å². The van der Waals surface area contributed by atoms with Gasteiger partial charge in [0.1, 0.15) is 0 Å². The van der Waals surface area contributed by atoms with Gasteiger partial charge in [0, 0.05) is 26.0 Å². The van der Waals surface area contributed by atoms with Crippen LogP contribution in [0.15, 0.2) is 5.38 Å². The number of aryl methyl sites for hydroxylation is 1. The zero-order chi connectivity index (χ0) is 14.0. The number of anilines is 2. The molecule has 0 aliphatic heterocycles. The minimum absolute atomic E-state index is 0.623. The lowest BCUT2D eigenvalue weighted by molar-refractivity contribution is 0.688. The molecule has 4 nitrogen and oxygen atoms in total. The highest BCUT2D eigenvalue weighted by Crippen LogP contribution is 2.35. The van der Waals surface area contributed by atoms with Crippen molar-refractivity contribution in [3.05, 3.63) is 11.1 Å². The number of nitrogens with one attached hydrogen (secondary N) is 1. The van der Waals surface area contributed by atoms with E-state index < -0.39 is 0 Å². The average molecular weight is 296 g/mol. The minimum Gasteiger partial charge on any atom is -0.361 e. The Balaban J connectivity index is 2.18. The maximum atomic E-state index is 4.65. The van der Waals surface area contributed by atoms with Gasteiger partial charge in [-0.1, -0.05) is 25.2 Å². The zero-order valence-corrected chi connectivity index (χ0v) is 13.7. The van der Waals surface area contributed by atoms with Crippen LogP contribution in [0.3, 0.4) is 0 Å². The molecular formula is C13H20N4S2. The van der Waals surface area contributed by atoms with Gasteiger partial charge >= 0.3 is 0 Å². The van der Waals surface area contributed by atoms with Crippen LogP contribution in [0.4, 0.5) is 10.3 Å². The lowest BCUT2D eigenvalue weighted by Gasteiger charge is -2.05. The van der Waals surface area contributed by atoms with Crippen molar-refractivity contribution < 1.29 is 0 Å². The van der Waals surface area contributed by atoms with E-state index in [4.69, 9.17) is 0 Å². The first-order valence-electron chi connectivity index (χ1n) is 6.32. The molecular weight excluding hydrogens is 276 g/mol. The van der Waals surface area contributed by atoms with Crippen molar-refractivity contribution in [1.82, 2.24) is 9.97 Å². The molecule has 0 bridgehead atoms. The summed E-state index contributed by atoms with van der Waals surface area (Å²) in [6, 6.07) is 0. The molecule has 104 valence electrons. The van der Waals surface area contributed by atoms with Crippen LogP contribution in [0.25, 0.3) is 10.6 Å². The summed E-state index contributed by atoms with van der Waals surface area (Å²) in [5.41, 5.74) is 2.08. The Hall–Kier alpha value is -1.14. The summed E-state index contributed by atoms with van der Waals surface area (Å²) >= 11 is 3.35. The third-order valence-electron chi connectivity index (χ3n) is 2.57. The van der Waals surface area contributed by atoms with Gasteiger partial charge in [-0.2, -0.15) is 0 Å². The van der Waals surface area contributed by atoms with Crippen LogP contribution in [0.2, 0.25) is 0 Å². The second kappa shape index (κ2) is 5.88. The number of rotatable bonds is 5. The predicted octanol–water partition coefficient (Wildman–Crippen LogP) is 3.71. The molecule has 0 fully saturated rings. The van der Waals surface area contributed by atoms with E-state index in [0.717, 1.165) is 33.1 Å². The fourth-order valence-corrected chi connectivity index (χ4v) is 3.30. The molecule has 0 atom stereocenters. The summed E-state index contributed by atoms with van der Waals surface area (Å²) in [7, 11) is 4.03. The first kappa shape index (κ1) is 14.3. The molecule has 6 heteroatoms. The van der Waals surface area contributed by atoms with E-state index in [1.165, 1.54) is 0 Å². The topological polar surface area (TPSA) is 41.1 Å². The van der Waals surface area contributed by atoms with E-state index in [-0.39, 0.29) is 0 Å². The Kier molecular flexibility index (Phi) is 4.42. The van der Waals surface area contributed by atoms with Crippen molar-refractivity contribution >= 4 is 32.9 Å². The van der Waals surface area contributed by atoms with Gasteiger partial charge in [-0.05, 0) is 12.8 Å². The molecule has 0 aromatic carbocycles. The molecule has 0 amide bonds. The van der Waals surface area contributed by atoms with Crippen LogP contribution < -0.4 is 10.2 Å². The molecule has 2 aromatic rings. The summed E-state index contributed by atoms with van der Waals surface area (Å²) in [6.45, 7) is 7.38. The van der Waals surface area contributed by atoms with Crippen LogP contribution in [0.1, 0.15) is 19.5 Å². The summed E-state index contributed by atoms with van der Waals surface area (Å²) in [6.07, 6.45) is 0. The van der Waals surface area contributed by atoms with Gasteiger partial charge in [0.05, 0.1) is 16.3 Å². The standard InChI is InChI=1S/C13H20N4S2/c1-8(2)6-14-12-16-10(7-18-12)11-9(3)15-13(19-11)17(4)5/h7-8H,6H2,1-5H3,(H,14,16). The van der Waals surface area contributed by atoms with Gasteiger partial charge in [0.2, 0.25) is 0 Å². The molecule has 2 heterocycles. The molecule has 0 radical (unpaired) electrons. The summed E-state index contributed by atoms with van der Waals surface area (Å²) in [5.74, 6) is 0.623. The van der Waals surface area contributed by atoms with Crippen molar-refractivity contribution in [2.75, 3.05) is 30.9 Å². The quantitative estimate of drug-likeness (QED) is 0.913. The lowest BCUT2D eigenvalue weighted by atomic mass is 10.2. The van der Waals surface area contributed by atoms with Crippen molar-refractivity contribution in [1.29, 1.82) is 0 Å². The second-order valence-corrected chi connectivity index (χ2v) is 6.95. The third-order valence-corrected chi connectivity index (χ3v) is 4.71. The Bertz CT molecular complexity index is 543. The van der Waals surface area contributed by atoms with E-state index in [1.54, 1.807) is 22.7 Å². The maximum absolute atomic E-state index is 4.65. The molecule has 0 saturated heterocycles. The smallest absolute Gasteiger partial charge is 0.185 e. The van der Waals surface area contributed by atoms with Crippen LogP contribution in [0.5, 0.6) is 0 Å². The van der Waals surface area contributed by atoms with Crippen molar-refractivity contribution in [2.24, 2.45) is 5.92 Å². The number of thiazole rings is 2. The minimum atomic E-state index is 0.623. The molecule has 2 aromatic heterocycles. The molecule has 0 aliphatic carbocycles. The Morgan fingerprint density at radius 2 is 2.05 bits per heavy atom. The molecule has 19 heavy (non-hydrogen) atoms. The molecule has 0 saturated carbocycles. The molecule has 1 N–H and O–H groups in total. The molecule has 0 spiro atoms. The monoisotopic (exact) mass is 296 g/mol. The Morgan fingerprint density at radius 1 is 1.32 bits per heavy atom. The van der Waals surface area contributed by atoms with Gasteiger partial charge < -0.3 is 10.2 Å². The van der Waals surface area contributed by atoms with E-state index in [1.807, 2.05) is 25.9 Å². The van der Waals surface area contributed by atoms with Crippen LogP contribution >= 0.6 is 22.7 Å². The van der Waals surface area contributed by atoms with E-state index in [9.17, 15) is 0 Å². The first-order chi connectivity index (χ1) is 8.97. The highest BCUT2D eigenvalue weighted by molar-refractivity contribution is 7.19. The fraction of sp³-hybridized carbons (Fsp3) is 0.538. The van der Waals surface area contributed by atoms with Crippen LogP contribution in [-0.2, 0) is 0 Å². The normalized spacial score (nSPS) is 11.1. The number of hydrogen-bond acceptors (Lipinski definition) is 6. The van der Waals surface area contributed by atoms with Crippen molar-refractivity contribution in [3.8, 4) is 10.6 Å². The Labute approximate surface area is 122 Å². The lowest BCUT2D eigenvalue weighted by Crippen LogP contribution is -2.07. The van der Waals surface area contributed by atoms with Gasteiger partial charge in [0.15, 0.2) is 10.3 Å². The summed E-state index contributed by atoms with van der Waals surface area (Å²) in [4.78, 5) is 12.4. The molecule has 0 aliphatic rings. The van der Waals surface area contributed by atoms with E-state index in [0.29, 0.717) is 5.92 Å². The van der Waals surface area contributed by atoms with Crippen LogP contribution in [-0.4, -0.2) is 30.6 Å². The van der Waals surface area contributed by atoms with Crippen molar-refractivity contribution in [2.45, 2.75) is 20.8 Å². The fourth-order valence-electron chi connectivity index (χ4n) is 1.56. The van der Waals surface area contributed by atoms with E-state index >= 15 is 0 Å². The zero-order valence-electron chi connectivity index (χ0n) is 12.0. The van der Waals surface area contributed by atoms with Gasteiger partial charge in [-0.25, -0.2) is 9.97 Å². The summed E-state index contributed by atoms with van der Waals surface area (Å²) < 4.78 is 0. The first-order valence-corrected chi connectivity index (χ1v) is 8.01. The van der Waals surface area contributed by atoms with Crippen LogP contribution in [0, 0.1) is 12.8 Å². The average Bonchev–Trinajstić information content (AvgIpc) is 2.92. The van der Waals surface area contributed by atoms with Crippen molar-refractivity contribution in [3.63, 3.8) is 0 Å². The number of hydrogen-bond donors (Lipinski definition) is 1. The highest BCUT2D eigenvalue weighted by atomic mass is 32.1. The van der Waals surface area contributed by atoms with Gasteiger partial charge in [-0.3, -0.25) is 0 Å². The number of nitrogens with zero attached hydrogens (tertiary/aromatic N) is 3. The SMILES string of the molecule is Cc1nc(N(C)C)sc1-c1csc(NCC(C)C)n1. The second-order valence-electron chi connectivity index (χ2n) is 5.12. The van der Waals surface area contributed by atoms with Gasteiger partial charge in [0.25, 0.3) is 0 Å². The Morgan fingerprint density at radius 3 is 2.63 bits per heavy atom. The third kappa shape index (κ3) is 3.45. The van der Waals surface area contributed by atoms with E-state index in [2.05, 4.69) is 34.5 Å². The number of aromatic nitrogens is 2. The molecule has 0 unspecified atom stereocenters. The molecule has 2 rings (SSSR count). The highest BCUT2D eigenvalue weighted by Gasteiger charge is 2.14. The predicted molar refractivity (Wildman–Crippen MR) is 85.6 cm³/mol.